The van der Waals surface area contributed by atoms with Crippen molar-refractivity contribution >= 4 is 11.1 Å². The minimum Gasteiger partial charge on any atom is -0.352 e. The Morgan fingerprint density at radius 3 is 2.42 bits per heavy atom. The zero-order valence-corrected chi connectivity index (χ0v) is 13.9. The lowest BCUT2D eigenvalue weighted by atomic mass is 10.0. The van der Waals surface area contributed by atoms with E-state index in [1.807, 2.05) is 37.3 Å². The van der Waals surface area contributed by atoms with Crippen LogP contribution in [0.25, 0.3) is 33.7 Å². The average Bonchev–Trinajstić information content (AvgIpc) is 2.96. The van der Waals surface area contributed by atoms with Crippen molar-refractivity contribution in [1.29, 1.82) is 0 Å². The second kappa shape index (κ2) is 5.57. The van der Waals surface area contributed by atoms with Crippen LogP contribution in [0.15, 0.2) is 53.1 Å². The van der Waals surface area contributed by atoms with E-state index < -0.39 is 0 Å². The molecule has 0 fully saturated rings. The SMILES string of the molecule is Cc1ccc(-c2nc(-c3ccccc3)nc3c(C)noc23)c(C)c1. The number of aromatic nitrogens is 3. The number of rotatable bonds is 2. The molecule has 0 atom stereocenters. The van der Waals surface area contributed by atoms with Crippen LogP contribution in [0.3, 0.4) is 0 Å². The molecule has 0 unspecified atom stereocenters. The van der Waals surface area contributed by atoms with Crippen molar-refractivity contribution in [1.82, 2.24) is 15.1 Å². The van der Waals surface area contributed by atoms with E-state index in [0.29, 0.717) is 11.4 Å². The first-order chi connectivity index (χ1) is 11.6. The summed E-state index contributed by atoms with van der Waals surface area (Å²) in [6.07, 6.45) is 0. The van der Waals surface area contributed by atoms with Crippen LogP contribution in [-0.4, -0.2) is 15.1 Å². The largest absolute Gasteiger partial charge is 0.352 e. The predicted octanol–water partition coefficient (Wildman–Crippen LogP) is 4.88. The third-order valence-corrected chi connectivity index (χ3v) is 4.15. The molecule has 0 amide bonds. The molecule has 4 heteroatoms. The highest BCUT2D eigenvalue weighted by Gasteiger charge is 2.18. The summed E-state index contributed by atoms with van der Waals surface area (Å²) in [5.41, 5.74) is 7.36. The second-order valence-electron chi connectivity index (χ2n) is 6.03. The summed E-state index contributed by atoms with van der Waals surface area (Å²) in [4.78, 5) is 9.47. The number of hydrogen-bond donors (Lipinski definition) is 0. The molecule has 0 spiro atoms. The zero-order valence-electron chi connectivity index (χ0n) is 13.9. The van der Waals surface area contributed by atoms with E-state index in [-0.39, 0.29) is 0 Å². The molecule has 2 aromatic carbocycles. The van der Waals surface area contributed by atoms with Gasteiger partial charge in [-0.15, -0.1) is 0 Å². The molecule has 2 heterocycles. The average molecular weight is 315 g/mol. The van der Waals surface area contributed by atoms with Gasteiger partial charge in [0.1, 0.15) is 16.9 Å². The van der Waals surface area contributed by atoms with Crippen molar-refractivity contribution in [3.05, 3.63) is 65.4 Å². The summed E-state index contributed by atoms with van der Waals surface area (Å²) >= 11 is 0. The van der Waals surface area contributed by atoms with Gasteiger partial charge in [-0.05, 0) is 26.3 Å². The molecule has 0 saturated heterocycles. The molecule has 0 saturated carbocycles. The Hall–Kier alpha value is -3.01. The zero-order chi connectivity index (χ0) is 16.7. The fourth-order valence-corrected chi connectivity index (χ4v) is 2.92. The molecule has 0 aliphatic rings. The molecular weight excluding hydrogens is 298 g/mol. The molecule has 0 radical (unpaired) electrons. The summed E-state index contributed by atoms with van der Waals surface area (Å²) in [7, 11) is 0. The topological polar surface area (TPSA) is 51.8 Å². The summed E-state index contributed by atoms with van der Waals surface area (Å²) in [6, 6.07) is 16.3. The maximum atomic E-state index is 5.54. The minimum atomic E-state index is 0.638. The van der Waals surface area contributed by atoms with Crippen LogP contribution in [-0.2, 0) is 0 Å². The van der Waals surface area contributed by atoms with E-state index in [4.69, 9.17) is 9.51 Å². The second-order valence-corrected chi connectivity index (χ2v) is 6.03. The van der Waals surface area contributed by atoms with E-state index in [1.165, 1.54) is 5.56 Å². The molecule has 4 aromatic rings. The number of aryl methyl sites for hydroxylation is 3. The number of nitrogens with zero attached hydrogens (tertiary/aromatic N) is 3. The summed E-state index contributed by atoms with van der Waals surface area (Å²) < 4.78 is 5.54. The highest BCUT2D eigenvalue weighted by molar-refractivity contribution is 5.91. The monoisotopic (exact) mass is 315 g/mol. The minimum absolute atomic E-state index is 0.638. The molecule has 24 heavy (non-hydrogen) atoms. The Morgan fingerprint density at radius 1 is 0.875 bits per heavy atom. The first kappa shape index (κ1) is 14.6. The maximum Gasteiger partial charge on any atom is 0.211 e. The van der Waals surface area contributed by atoms with E-state index >= 15 is 0 Å². The van der Waals surface area contributed by atoms with Crippen LogP contribution in [0.5, 0.6) is 0 Å². The quantitative estimate of drug-likeness (QED) is 0.529. The van der Waals surface area contributed by atoms with E-state index in [1.54, 1.807) is 0 Å². The van der Waals surface area contributed by atoms with Crippen LogP contribution in [0.2, 0.25) is 0 Å². The van der Waals surface area contributed by atoms with Gasteiger partial charge in [0.05, 0.1) is 0 Å². The van der Waals surface area contributed by atoms with E-state index in [9.17, 15) is 0 Å². The molecular formula is C20H17N3O. The number of hydrogen-bond acceptors (Lipinski definition) is 4. The van der Waals surface area contributed by atoms with Gasteiger partial charge in [0.2, 0.25) is 5.58 Å². The van der Waals surface area contributed by atoms with Gasteiger partial charge < -0.3 is 4.52 Å². The Kier molecular flexibility index (Phi) is 3.38. The van der Waals surface area contributed by atoms with E-state index in [0.717, 1.165) is 33.6 Å². The Labute approximate surface area is 140 Å². The van der Waals surface area contributed by atoms with Gasteiger partial charge in [0, 0.05) is 11.1 Å². The number of benzene rings is 2. The normalized spacial score (nSPS) is 11.1. The lowest BCUT2D eigenvalue weighted by Gasteiger charge is -2.08. The van der Waals surface area contributed by atoms with Crippen molar-refractivity contribution in [2.45, 2.75) is 20.8 Å². The molecule has 118 valence electrons. The Balaban J connectivity index is 2.04. The first-order valence-electron chi connectivity index (χ1n) is 7.90. The van der Waals surface area contributed by atoms with Gasteiger partial charge in [-0.1, -0.05) is 59.3 Å². The van der Waals surface area contributed by atoms with Crippen LogP contribution in [0.4, 0.5) is 0 Å². The summed E-state index contributed by atoms with van der Waals surface area (Å²) in [5, 5.41) is 4.09. The van der Waals surface area contributed by atoms with E-state index in [2.05, 4.69) is 42.2 Å². The molecule has 0 aliphatic carbocycles. The van der Waals surface area contributed by atoms with Crippen molar-refractivity contribution in [3.63, 3.8) is 0 Å². The molecule has 2 aromatic heterocycles. The Bertz CT molecular complexity index is 1040. The van der Waals surface area contributed by atoms with Crippen LogP contribution >= 0.6 is 0 Å². The predicted molar refractivity (Wildman–Crippen MR) is 94.7 cm³/mol. The smallest absolute Gasteiger partial charge is 0.211 e. The van der Waals surface area contributed by atoms with Crippen molar-refractivity contribution in [2.75, 3.05) is 0 Å². The third kappa shape index (κ3) is 2.36. The summed E-state index contributed by atoms with van der Waals surface area (Å²) in [6.45, 7) is 6.07. The standard InChI is InChI=1S/C20H17N3O/c1-12-9-10-16(13(2)11-12)18-19-17(14(3)23-24-19)21-20(22-18)15-7-5-4-6-8-15/h4-11H,1-3H3. The van der Waals surface area contributed by atoms with Crippen LogP contribution < -0.4 is 0 Å². The maximum absolute atomic E-state index is 5.54. The van der Waals surface area contributed by atoms with Gasteiger partial charge >= 0.3 is 0 Å². The lowest BCUT2D eigenvalue weighted by Crippen LogP contribution is -1.95. The van der Waals surface area contributed by atoms with Crippen LogP contribution in [0, 0.1) is 20.8 Å². The Morgan fingerprint density at radius 2 is 1.67 bits per heavy atom. The third-order valence-electron chi connectivity index (χ3n) is 4.15. The van der Waals surface area contributed by atoms with Gasteiger partial charge in [-0.2, -0.15) is 0 Å². The van der Waals surface area contributed by atoms with Gasteiger partial charge in [-0.25, -0.2) is 9.97 Å². The molecule has 4 nitrogen and oxygen atoms in total. The van der Waals surface area contributed by atoms with Gasteiger partial charge in [0.15, 0.2) is 5.82 Å². The molecule has 0 bridgehead atoms. The first-order valence-corrected chi connectivity index (χ1v) is 7.90. The fourth-order valence-electron chi connectivity index (χ4n) is 2.92. The van der Waals surface area contributed by atoms with Crippen molar-refractivity contribution in [2.24, 2.45) is 0 Å². The van der Waals surface area contributed by atoms with Crippen molar-refractivity contribution < 1.29 is 4.52 Å². The highest BCUT2D eigenvalue weighted by atomic mass is 16.5. The van der Waals surface area contributed by atoms with Crippen LogP contribution in [0.1, 0.15) is 16.8 Å². The highest BCUT2D eigenvalue weighted by Crippen LogP contribution is 2.32. The lowest BCUT2D eigenvalue weighted by molar-refractivity contribution is 0.450. The molecule has 0 N–H and O–H groups in total. The van der Waals surface area contributed by atoms with Gasteiger partial charge in [-0.3, -0.25) is 0 Å². The van der Waals surface area contributed by atoms with Crippen molar-refractivity contribution in [3.8, 4) is 22.6 Å². The van der Waals surface area contributed by atoms with Gasteiger partial charge in [0.25, 0.3) is 0 Å². The molecule has 0 aliphatic heterocycles. The molecule has 4 rings (SSSR count). The number of fused-ring (bicyclic) bond motifs is 1. The summed E-state index contributed by atoms with van der Waals surface area (Å²) in [5.74, 6) is 0.685. The fraction of sp³-hybridized carbons (Fsp3) is 0.150.